The van der Waals surface area contributed by atoms with E-state index in [0.29, 0.717) is 6.42 Å². The van der Waals surface area contributed by atoms with Crippen LogP contribution in [-0.2, 0) is 19.1 Å². The molecule has 4 nitrogen and oxygen atoms in total. The second-order valence-electron chi connectivity index (χ2n) is 6.48. The SMILES string of the molecule is COC(=O)[C@@]1(C)C[C@@]23CCCC[C@]2(C)C(=O)[C@@H]1O3. The van der Waals surface area contributed by atoms with E-state index in [-0.39, 0.29) is 17.2 Å². The molecule has 0 aromatic heterocycles. The van der Waals surface area contributed by atoms with Gasteiger partial charge in [0.25, 0.3) is 0 Å². The Bertz CT molecular complexity index is 432. The van der Waals surface area contributed by atoms with Gasteiger partial charge in [-0.2, -0.15) is 0 Å². The fourth-order valence-electron chi connectivity index (χ4n) is 4.34. The molecule has 2 aliphatic heterocycles. The number of Topliss-reactive ketones (excluding diaryl/α,β-unsaturated/α-hetero) is 1. The first-order valence-electron chi connectivity index (χ1n) is 6.70. The van der Waals surface area contributed by atoms with E-state index in [9.17, 15) is 9.59 Å². The van der Waals surface area contributed by atoms with Crippen LogP contribution in [-0.4, -0.2) is 30.6 Å². The molecule has 3 fully saturated rings. The van der Waals surface area contributed by atoms with Crippen molar-refractivity contribution in [1.29, 1.82) is 0 Å². The summed E-state index contributed by atoms with van der Waals surface area (Å²) in [6, 6.07) is 0. The monoisotopic (exact) mass is 252 g/mol. The van der Waals surface area contributed by atoms with E-state index in [1.165, 1.54) is 7.11 Å². The average molecular weight is 252 g/mol. The third-order valence-electron chi connectivity index (χ3n) is 5.52. The number of ether oxygens (including phenoxy) is 2. The van der Waals surface area contributed by atoms with Crippen molar-refractivity contribution >= 4 is 11.8 Å². The molecular formula is C14H20O4. The molecule has 1 spiro atoms. The van der Waals surface area contributed by atoms with Gasteiger partial charge >= 0.3 is 5.97 Å². The highest BCUT2D eigenvalue weighted by molar-refractivity contribution is 5.99. The van der Waals surface area contributed by atoms with Crippen LogP contribution in [0.15, 0.2) is 0 Å². The van der Waals surface area contributed by atoms with Crippen LogP contribution in [0.5, 0.6) is 0 Å². The van der Waals surface area contributed by atoms with E-state index in [4.69, 9.17) is 9.47 Å². The van der Waals surface area contributed by atoms with Crippen LogP contribution < -0.4 is 0 Å². The van der Waals surface area contributed by atoms with Gasteiger partial charge in [-0.05, 0) is 33.1 Å². The number of hydrogen-bond acceptors (Lipinski definition) is 4. The van der Waals surface area contributed by atoms with Crippen LogP contribution in [0.2, 0.25) is 0 Å². The Kier molecular flexibility index (Phi) is 2.26. The van der Waals surface area contributed by atoms with Gasteiger partial charge in [-0.3, -0.25) is 9.59 Å². The van der Waals surface area contributed by atoms with Gasteiger partial charge < -0.3 is 9.47 Å². The van der Waals surface area contributed by atoms with Crippen LogP contribution in [0.1, 0.15) is 46.0 Å². The van der Waals surface area contributed by atoms with Crippen molar-refractivity contribution in [2.24, 2.45) is 10.8 Å². The minimum Gasteiger partial charge on any atom is -0.469 e. The van der Waals surface area contributed by atoms with E-state index in [1.807, 2.05) is 13.8 Å². The maximum absolute atomic E-state index is 12.6. The Hall–Kier alpha value is -0.900. The largest absolute Gasteiger partial charge is 0.469 e. The zero-order valence-electron chi connectivity index (χ0n) is 11.2. The summed E-state index contributed by atoms with van der Waals surface area (Å²) in [7, 11) is 1.38. The molecule has 2 saturated heterocycles. The molecule has 0 aromatic carbocycles. The maximum atomic E-state index is 12.6. The first-order chi connectivity index (χ1) is 8.40. The number of hydrogen-bond donors (Lipinski definition) is 0. The van der Waals surface area contributed by atoms with Crippen molar-refractivity contribution in [2.45, 2.75) is 57.7 Å². The number of fused-ring (bicyclic) bond motifs is 1. The third-order valence-corrected chi connectivity index (χ3v) is 5.52. The first kappa shape index (κ1) is 12.2. The second kappa shape index (κ2) is 3.35. The molecule has 1 saturated carbocycles. The van der Waals surface area contributed by atoms with Crippen molar-refractivity contribution in [3.8, 4) is 0 Å². The summed E-state index contributed by atoms with van der Waals surface area (Å²) in [5.74, 6) is -0.202. The minimum absolute atomic E-state index is 0.112. The molecule has 0 N–H and O–H groups in total. The Morgan fingerprint density at radius 1 is 1.33 bits per heavy atom. The van der Waals surface area contributed by atoms with Gasteiger partial charge in [0.2, 0.25) is 0 Å². The van der Waals surface area contributed by atoms with Crippen molar-refractivity contribution in [3.63, 3.8) is 0 Å². The summed E-state index contributed by atoms with van der Waals surface area (Å²) in [6.45, 7) is 3.83. The molecule has 0 unspecified atom stereocenters. The van der Waals surface area contributed by atoms with Gasteiger partial charge in [-0.15, -0.1) is 0 Å². The Balaban J connectivity index is 2.04. The van der Waals surface area contributed by atoms with Gasteiger partial charge in [0.15, 0.2) is 5.78 Å². The van der Waals surface area contributed by atoms with Crippen LogP contribution in [0.3, 0.4) is 0 Å². The smallest absolute Gasteiger partial charge is 0.314 e. The quantitative estimate of drug-likeness (QED) is 0.668. The zero-order chi connectivity index (χ0) is 13.2. The molecule has 1 aliphatic carbocycles. The van der Waals surface area contributed by atoms with Crippen LogP contribution in [0.4, 0.5) is 0 Å². The molecule has 4 heteroatoms. The molecule has 0 amide bonds. The average Bonchev–Trinajstić information content (AvgIpc) is 2.77. The molecule has 3 aliphatic rings. The van der Waals surface area contributed by atoms with Gasteiger partial charge in [-0.1, -0.05) is 12.8 Å². The number of ketones is 1. The number of carbonyl (C=O) groups is 2. The first-order valence-corrected chi connectivity index (χ1v) is 6.70. The molecular weight excluding hydrogens is 232 g/mol. The zero-order valence-corrected chi connectivity index (χ0v) is 11.2. The predicted octanol–water partition coefficient (Wildman–Crippen LogP) is 1.86. The molecule has 0 aromatic rings. The fourth-order valence-corrected chi connectivity index (χ4v) is 4.34. The van der Waals surface area contributed by atoms with Crippen LogP contribution in [0, 0.1) is 10.8 Å². The van der Waals surface area contributed by atoms with Gasteiger partial charge in [-0.25, -0.2) is 0 Å². The van der Waals surface area contributed by atoms with Crippen molar-refractivity contribution in [1.82, 2.24) is 0 Å². The topological polar surface area (TPSA) is 52.6 Å². The van der Waals surface area contributed by atoms with Crippen molar-refractivity contribution < 1.29 is 19.1 Å². The number of carbonyl (C=O) groups excluding carboxylic acids is 2. The predicted molar refractivity (Wildman–Crippen MR) is 63.9 cm³/mol. The molecule has 100 valence electrons. The Morgan fingerprint density at radius 2 is 2.00 bits per heavy atom. The lowest BCUT2D eigenvalue weighted by atomic mass is 9.53. The highest BCUT2D eigenvalue weighted by Crippen LogP contribution is 2.65. The minimum atomic E-state index is -0.789. The molecule has 2 bridgehead atoms. The molecule has 0 radical (unpaired) electrons. The standard InChI is InChI=1S/C14H20O4/c1-12(11(16)17-3)8-14-7-5-4-6-13(14,2)9(15)10(12)18-14/h10H,4-8H2,1-3H3/t10-,12-,13+,14-/m0/s1. The van der Waals surface area contributed by atoms with Crippen molar-refractivity contribution in [3.05, 3.63) is 0 Å². The molecule has 2 heterocycles. The van der Waals surface area contributed by atoms with E-state index in [2.05, 4.69) is 0 Å². The molecule has 4 atom stereocenters. The number of methoxy groups -OCH3 is 1. The number of esters is 1. The summed E-state index contributed by atoms with van der Waals surface area (Å²) >= 11 is 0. The highest BCUT2D eigenvalue weighted by Gasteiger charge is 2.75. The normalized spacial score (nSPS) is 50.2. The van der Waals surface area contributed by atoms with Gasteiger partial charge in [0, 0.05) is 0 Å². The van der Waals surface area contributed by atoms with Gasteiger partial charge in [0.1, 0.15) is 11.5 Å². The third kappa shape index (κ3) is 1.11. The van der Waals surface area contributed by atoms with E-state index in [0.717, 1.165) is 25.7 Å². The molecule has 18 heavy (non-hydrogen) atoms. The Morgan fingerprint density at radius 3 is 2.67 bits per heavy atom. The van der Waals surface area contributed by atoms with Crippen LogP contribution >= 0.6 is 0 Å². The lowest BCUT2D eigenvalue weighted by Gasteiger charge is -2.47. The van der Waals surface area contributed by atoms with Crippen LogP contribution in [0.25, 0.3) is 0 Å². The van der Waals surface area contributed by atoms with E-state index >= 15 is 0 Å². The summed E-state index contributed by atoms with van der Waals surface area (Å²) < 4.78 is 10.9. The maximum Gasteiger partial charge on any atom is 0.314 e. The summed E-state index contributed by atoms with van der Waals surface area (Å²) in [4.78, 5) is 24.6. The van der Waals surface area contributed by atoms with Gasteiger partial charge in [0.05, 0.1) is 18.1 Å². The summed E-state index contributed by atoms with van der Waals surface area (Å²) in [5, 5.41) is 0. The second-order valence-corrected chi connectivity index (χ2v) is 6.48. The fraction of sp³-hybridized carbons (Fsp3) is 0.857. The Labute approximate surface area is 107 Å². The lowest BCUT2D eigenvalue weighted by Crippen LogP contribution is -2.56. The number of rotatable bonds is 1. The van der Waals surface area contributed by atoms with E-state index < -0.39 is 17.1 Å². The lowest BCUT2D eigenvalue weighted by molar-refractivity contribution is -0.159. The highest BCUT2D eigenvalue weighted by atomic mass is 16.6. The molecule has 3 rings (SSSR count). The van der Waals surface area contributed by atoms with Crippen molar-refractivity contribution in [2.75, 3.05) is 7.11 Å². The summed E-state index contributed by atoms with van der Waals surface area (Å²) in [5.41, 5.74) is -1.60. The van der Waals surface area contributed by atoms with E-state index in [1.54, 1.807) is 0 Å². The summed E-state index contributed by atoms with van der Waals surface area (Å²) in [6.07, 6.45) is 3.95.